The molecule has 0 rings (SSSR count). The van der Waals surface area contributed by atoms with Gasteiger partial charge in [-0.3, -0.25) is 0 Å². The molecule has 0 aromatic rings. The van der Waals surface area contributed by atoms with Gasteiger partial charge in [0.05, 0.1) is 0 Å². The van der Waals surface area contributed by atoms with E-state index >= 15 is 0 Å². The van der Waals surface area contributed by atoms with E-state index in [9.17, 15) is 0 Å². The summed E-state index contributed by atoms with van der Waals surface area (Å²) in [6, 6.07) is 0. The first-order chi connectivity index (χ1) is 1.91. The molecule has 4 heteroatoms. The van der Waals surface area contributed by atoms with Crippen LogP contribution in [-0.4, -0.2) is 5.26 Å². The van der Waals surface area contributed by atoms with Crippen molar-refractivity contribution < 1.29 is 44.7 Å². The van der Waals surface area contributed by atoms with Crippen LogP contribution in [-0.2, 0) is 9.93 Å². The minimum Gasteiger partial charge on any atom is -0.385 e. The second-order valence-electron chi connectivity index (χ2n) is 0.192. The van der Waals surface area contributed by atoms with Gasteiger partial charge in [-0.1, -0.05) is 0 Å². The fourth-order valence-electron chi connectivity index (χ4n) is 0. The molecule has 0 saturated heterocycles. The molecule has 5 heavy (non-hydrogen) atoms. The van der Waals surface area contributed by atoms with E-state index in [1.54, 1.807) is 0 Å². The fourth-order valence-corrected chi connectivity index (χ4v) is 0. The van der Waals surface area contributed by atoms with E-state index in [4.69, 9.17) is 5.26 Å². The third-order valence-electron chi connectivity index (χ3n) is 0.0527. The fraction of sp³-hybridized carbons (Fsp3) is 0. The van der Waals surface area contributed by atoms with Gasteiger partial charge >= 0.3 is 29.6 Å². The number of hydrogen-bond donors (Lipinski definition) is 1. The predicted octanol–water partition coefficient (Wildman–Crippen LogP) is -2.80. The Morgan fingerprint density at radius 3 is 1.80 bits per heavy atom. The standard InChI is InChI=1S/CH3O3.Na/c1-3-4-2;/h2H,1H2;/q-1;+1. The van der Waals surface area contributed by atoms with E-state index < -0.39 is 0 Å². The van der Waals surface area contributed by atoms with E-state index in [2.05, 4.69) is 17.0 Å². The second kappa shape index (κ2) is 8.86. The molecule has 0 aromatic heterocycles. The molecule has 0 unspecified atom stereocenters. The van der Waals surface area contributed by atoms with Crippen LogP contribution in [0.15, 0.2) is 0 Å². The van der Waals surface area contributed by atoms with Crippen LogP contribution < -0.4 is 29.6 Å². The van der Waals surface area contributed by atoms with Crippen LogP contribution in [0.1, 0.15) is 0 Å². The van der Waals surface area contributed by atoms with Crippen molar-refractivity contribution in [3.63, 3.8) is 0 Å². The summed E-state index contributed by atoms with van der Waals surface area (Å²) in [5.74, 6) is 0. The summed E-state index contributed by atoms with van der Waals surface area (Å²) < 4.78 is 0. The first kappa shape index (κ1) is 9.30. The van der Waals surface area contributed by atoms with Gasteiger partial charge in [-0.15, -0.1) is 5.04 Å². The number of rotatable bonds is 1. The smallest absolute Gasteiger partial charge is 0.385 e. The maximum atomic E-state index is 7.09. The first-order valence-electron chi connectivity index (χ1n) is 0.638. The molecule has 0 aliphatic heterocycles. The molecule has 26 valence electrons. The molecule has 0 aliphatic rings. The van der Waals surface area contributed by atoms with Crippen molar-refractivity contribution in [2.75, 3.05) is 0 Å². The van der Waals surface area contributed by atoms with E-state index in [1.165, 1.54) is 0 Å². The Morgan fingerprint density at radius 1 is 1.60 bits per heavy atom. The van der Waals surface area contributed by atoms with Crippen LogP contribution in [0.3, 0.4) is 0 Å². The largest absolute Gasteiger partial charge is 1.00 e. The Balaban J connectivity index is 0. The van der Waals surface area contributed by atoms with E-state index in [0.29, 0.717) is 0 Å². The van der Waals surface area contributed by atoms with E-state index in [-0.39, 0.29) is 29.6 Å². The Hall–Kier alpha value is 0.880. The van der Waals surface area contributed by atoms with E-state index in [1.807, 2.05) is 0 Å². The molecule has 0 spiro atoms. The number of hydrogen-bond acceptors (Lipinski definition) is 3. The molecule has 0 atom stereocenters. The zero-order valence-corrected chi connectivity index (χ0v) is 4.97. The quantitative estimate of drug-likeness (QED) is 0.162. The molecule has 1 N–H and O–H groups in total. The summed E-state index contributed by atoms with van der Waals surface area (Å²) in [4.78, 5) is 3.35. The van der Waals surface area contributed by atoms with Crippen LogP contribution >= 0.6 is 0 Å². The SMILES string of the molecule is [CH2-]OOO.[Na+]. The minimum atomic E-state index is 0. The average Bonchev–Trinajstić information content (AvgIpc) is 1.37. The Labute approximate surface area is 52.0 Å². The molecule has 0 aromatic carbocycles. The van der Waals surface area contributed by atoms with Gasteiger partial charge in [-0.25, -0.2) is 5.26 Å². The van der Waals surface area contributed by atoms with Crippen LogP contribution in [0.25, 0.3) is 0 Å². The van der Waals surface area contributed by atoms with Gasteiger partial charge in [0.1, 0.15) is 0 Å². The monoisotopic (exact) mass is 86.0 g/mol. The van der Waals surface area contributed by atoms with Crippen molar-refractivity contribution in [2.45, 2.75) is 0 Å². The molecule has 0 aliphatic carbocycles. The van der Waals surface area contributed by atoms with Gasteiger partial charge in [-0.05, 0) is 0 Å². The zero-order chi connectivity index (χ0) is 3.41. The van der Waals surface area contributed by atoms with Crippen molar-refractivity contribution in [1.82, 2.24) is 0 Å². The molecule has 0 fully saturated rings. The second-order valence-corrected chi connectivity index (χ2v) is 0.192. The van der Waals surface area contributed by atoms with Crippen LogP contribution in [0.4, 0.5) is 0 Å². The Kier molecular flexibility index (Phi) is 16.5. The van der Waals surface area contributed by atoms with E-state index in [0.717, 1.165) is 0 Å². The molecule has 0 amide bonds. The molecular weight excluding hydrogens is 83.0 g/mol. The summed E-state index contributed by atoms with van der Waals surface area (Å²) in [6.45, 7) is 0. The molecule has 0 heterocycles. The van der Waals surface area contributed by atoms with Crippen molar-refractivity contribution in [3.8, 4) is 0 Å². The van der Waals surface area contributed by atoms with Gasteiger partial charge in [0.15, 0.2) is 0 Å². The molecule has 0 radical (unpaired) electrons. The summed E-state index contributed by atoms with van der Waals surface area (Å²) in [7, 11) is 2.63. The van der Waals surface area contributed by atoms with Crippen molar-refractivity contribution in [3.05, 3.63) is 7.11 Å². The summed E-state index contributed by atoms with van der Waals surface area (Å²) >= 11 is 0. The first-order valence-corrected chi connectivity index (χ1v) is 0.638. The van der Waals surface area contributed by atoms with Gasteiger partial charge in [0, 0.05) is 0 Å². The maximum absolute atomic E-state index is 7.09. The summed E-state index contributed by atoms with van der Waals surface area (Å²) in [5.41, 5.74) is 0. The predicted molar refractivity (Wildman–Crippen MR) is 10.2 cm³/mol. The average molecular weight is 86.0 g/mol. The Morgan fingerprint density at radius 2 is 1.80 bits per heavy atom. The summed E-state index contributed by atoms with van der Waals surface area (Å²) in [6.07, 6.45) is 0. The van der Waals surface area contributed by atoms with Crippen LogP contribution in [0.2, 0.25) is 0 Å². The maximum Gasteiger partial charge on any atom is 1.00 e. The molecule has 3 nitrogen and oxygen atoms in total. The van der Waals surface area contributed by atoms with Crippen LogP contribution in [0.5, 0.6) is 0 Å². The topological polar surface area (TPSA) is 38.7 Å². The van der Waals surface area contributed by atoms with Gasteiger partial charge in [0.2, 0.25) is 0 Å². The Bertz CT molecular complexity index is 8.85. The van der Waals surface area contributed by atoms with Crippen LogP contribution in [0, 0.1) is 7.11 Å². The molecular formula is CH3NaO3. The summed E-state index contributed by atoms with van der Waals surface area (Å²) in [5, 5.41) is 10.0. The van der Waals surface area contributed by atoms with Crippen molar-refractivity contribution >= 4 is 0 Å². The van der Waals surface area contributed by atoms with Crippen molar-refractivity contribution in [1.29, 1.82) is 0 Å². The van der Waals surface area contributed by atoms with Gasteiger partial charge < -0.3 is 4.89 Å². The molecule has 0 saturated carbocycles. The molecule has 0 bridgehead atoms. The minimum absolute atomic E-state index is 0. The third-order valence-corrected chi connectivity index (χ3v) is 0.0527. The van der Waals surface area contributed by atoms with Gasteiger partial charge in [-0.2, -0.15) is 7.11 Å². The van der Waals surface area contributed by atoms with Gasteiger partial charge in [0.25, 0.3) is 0 Å². The zero-order valence-electron chi connectivity index (χ0n) is 2.97. The normalized spacial score (nSPS) is 6.00. The third kappa shape index (κ3) is 11.5. The van der Waals surface area contributed by atoms with Crippen molar-refractivity contribution in [2.24, 2.45) is 0 Å².